The minimum Gasteiger partial charge on any atom is -0.316 e. The van der Waals surface area contributed by atoms with Gasteiger partial charge >= 0.3 is 0 Å². The van der Waals surface area contributed by atoms with Crippen molar-refractivity contribution in [3.63, 3.8) is 0 Å². The highest BCUT2D eigenvalue weighted by atomic mass is 15.2. The molecule has 0 bridgehead atoms. The highest BCUT2D eigenvalue weighted by Crippen LogP contribution is 2.15. The topological polar surface area (TPSA) is 15.3 Å². The molecular formula is C12H26N2. The third kappa shape index (κ3) is 3.58. The van der Waals surface area contributed by atoms with E-state index in [1.165, 1.54) is 32.5 Å². The monoisotopic (exact) mass is 198 g/mol. The highest BCUT2D eigenvalue weighted by molar-refractivity contribution is 4.78. The van der Waals surface area contributed by atoms with E-state index >= 15 is 0 Å². The van der Waals surface area contributed by atoms with Crippen LogP contribution in [0, 0.1) is 11.8 Å². The number of hydrogen-bond acceptors (Lipinski definition) is 2. The first-order valence-electron chi connectivity index (χ1n) is 6.03. The summed E-state index contributed by atoms with van der Waals surface area (Å²) in [5, 5.41) is 3.39. The molecule has 0 spiro atoms. The molecule has 0 aromatic carbocycles. The van der Waals surface area contributed by atoms with Crippen LogP contribution in [0.15, 0.2) is 0 Å². The van der Waals surface area contributed by atoms with E-state index in [1.807, 2.05) is 0 Å². The summed E-state index contributed by atoms with van der Waals surface area (Å²) in [4.78, 5) is 2.62. The van der Waals surface area contributed by atoms with Gasteiger partial charge in [-0.25, -0.2) is 0 Å². The Kier molecular flexibility index (Phi) is 4.90. The summed E-state index contributed by atoms with van der Waals surface area (Å²) in [6.07, 6.45) is 2.71. The zero-order chi connectivity index (χ0) is 10.6. The largest absolute Gasteiger partial charge is 0.316 e. The van der Waals surface area contributed by atoms with Gasteiger partial charge in [0.05, 0.1) is 0 Å². The normalized spacial score (nSPS) is 26.8. The predicted molar refractivity (Wildman–Crippen MR) is 62.5 cm³/mol. The Morgan fingerprint density at radius 1 is 1.36 bits per heavy atom. The molecule has 1 rings (SSSR count). The Bertz CT molecular complexity index is 156. The van der Waals surface area contributed by atoms with Gasteiger partial charge in [0.15, 0.2) is 0 Å². The lowest BCUT2D eigenvalue weighted by Gasteiger charge is -2.35. The molecule has 1 N–H and O–H groups in total. The summed E-state index contributed by atoms with van der Waals surface area (Å²) in [6, 6.07) is 0.725. The molecule has 14 heavy (non-hydrogen) atoms. The SMILES string of the molecule is CNC1CCCN(CC(C)C(C)C)C1. The Hall–Kier alpha value is -0.0800. The third-order valence-electron chi connectivity index (χ3n) is 3.60. The average molecular weight is 198 g/mol. The first-order chi connectivity index (χ1) is 6.63. The van der Waals surface area contributed by atoms with Crippen LogP contribution >= 0.6 is 0 Å². The number of nitrogens with one attached hydrogen (secondary N) is 1. The molecule has 0 saturated carbocycles. The van der Waals surface area contributed by atoms with Crippen molar-refractivity contribution < 1.29 is 0 Å². The minimum atomic E-state index is 0.725. The van der Waals surface area contributed by atoms with Gasteiger partial charge < -0.3 is 10.2 Å². The number of piperidine rings is 1. The number of likely N-dealkylation sites (tertiary alicyclic amines) is 1. The van der Waals surface area contributed by atoms with Crippen LogP contribution < -0.4 is 5.32 Å². The van der Waals surface area contributed by atoms with Gasteiger partial charge in [0.2, 0.25) is 0 Å². The van der Waals surface area contributed by atoms with Gasteiger partial charge in [-0.1, -0.05) is 20.8 Å². The van der Waals surface area contributed by atoms with Crippen LogP contribution in [0.3, 0.4) is 0 Å². The Morgan fingerprint density at radius 2 is 2.07 bits per heavy atom. The van der Waals surface area contributed by atoms with Crippen molar-refractivity contribution in [3.05, 3.63) is 0 Å². The molecule has 0 aliphatic carbocycles. The highest BCUT2D eigenvalue weighted by Gasteiger charge is 2.20. The molecule has 1 saturated heterocycles. The van der Waals surface area contributed by atoms with E-state index in [-0.39, 0.29) is 0 Å². The molecular weight excluding hydrogens is 172 g/mol. The Morgan fingerprint density at radius 3 is 2.64 bits per heavy atom. The molecule has 2 unspecified atom stereocenters. The van der Waals surface area contributed by atoms with Crippen molar-refractivity contribution in [2.75, 3.05) is 26.7 Å². The molecule has 1 aliphatic heterocycles. The fraction of sp³-hybridized carbons (Fsp3) is 1.00. The van der Waals surface area contributed by atoms with E-state index in [9.17, 15) is 0 Å². The molecule has 0 amide bonds. The molecule has 2 heteroatoms. The molecule has 1 fully saturated rings. The van der Waals surface area contributed by atoms with Crippen LogP contribution in [0.4, 0.5) is 0 Å². The van der Waals surface area contributed by atoms with E-state index < -0.39 is 0 Å². The van der Waals surface area contributed by atoms with Crippen LogP contribution in [-0.4, -0.2) is 37.6 Å². The van der Waals surface area contributed by atoms with Crippen molar-refractivity contribution in [2.24, 2.45) is 11.8 Å². The van der Waals surface area contributed by atoms with Gasteiger partial charge in [-0.15, -0.1) is 0 Å². The minimum absolute atomic E-state index is 0.725. The van der Waals surface area contributed by atoms with Crippen LogP contribution in [0.2, 0.25) is 0 Å². The molecule has 0 aromatic heterocycles. The predicted octanol–water partition coefficient (Wildman–Crippen LogP) is 1.96. The number of rotatable bonds is 4. The second-order valence-electron chi connectivity index (χ2n) is 5.11. The van der Waals surface area contributed by atoms with Gasteiger partial charge in [0.25, 0.3) is 0 Å². The summed E-state index contributed by atoms with van der Waals surface area (Å²) >= 11 is 0. The van der Waals surface area contributed by atoms with Crippen LogP contribution in [-0.2, 0) is 0 Å². The van der Waals surface area contributed by atoms with Gasteiger partial charge in [0, 0.05) is 19.1 Å². The van der Waals surface area contributed by atoms with E-state index in [0.717, 1.165) is 17.9 Å². The maximum absolute atomic E-state index is 3.39. The fourth-order valence-electron chi connectivity index (χ4n) is 2.08. The van der Waals surface area contributed by atoms with Crippen molar-refractivity contribution >= 4 is 0 Å². The lowest BCUT2D eigenvalue weighted by atomic mass is 9.96. The summed E-state index contributed by atoms with van der Waals surface area (Å²) < 4.78 is 0. The van der Waals surface area contributed by atoms with E-state index in [4.69, 9.17) is 0 Å². The third-order valence-corrected chi connectivity index (χ3v) is 3.60. The second kappa shape index (κ2) is 5.72. The van der Waals surface area contributed by atoms with Crippen molar-refractivity contribution in [3.8, 4) is 0 Å². The first-order valence-corrected chi connectivity index (χ1v) is 6.03. The maximum atomic E-state index is 3.39. The molecule has 1 aliphatic rings. The second-order valence-corrected chi connectivity index (χ2v) is 5.11. The summed E-state index contributed by atoms with van der Waals surface area (Å²) in [6.45, 7) is 10.8. The molecule has 0 radical (unpaired) electrons. The van der Waals surface area contributed by atoms with Crippen molar-refractivity contribution in [1.29, 1.82) is 0 Å². The number of hydrogen-bond donors (Lipinski definition) is 1. The summed E-state index contributed by atoms with van der Waals surface area (Å²) in [5.41, 5.74) is 0. The molecule has 2 atom stereocenters. The van der Waals surface area contributed by atoms with E-state index in [1.54, 1.807) is 0 Å². The quantitative estimate of drug-likeness (QED) is 0.743. The number of likely N-dealkylation sites (N-methyl/N-ethyl adjacent to an activating group) is 1. The number of nitrogens with zero attached hydrogens (tertiary/aromatic N) is 1. The van der Waals surface area contributed by atoms with Crippen molar-refractivity contribution in [2.45, 2.75) is 39.7 Å². The summed E-state index contributed by atoms with van der Waals surface area (Å²) in [7, 11) is 2.08. The molecule has 2 nitrogen and oxygen atoms in total. The molecule has 84 valence electrons. The standard InChI is InChI=1S/C12H26N2/c1-10(2)11(3)8-14-7-5-6-12(9-14)13-4/h10-13H,5-9H2,1-4H3. The smallest absolute Gasteiger partial charge is 0.0192 e. The van der Waals surface area contributed by atoms with Crippen LogP contribution in [0.25, 0.3) is 0 Å². The maximum Gasteiger partial charge on any atom is 0.0192 e. The van der Waals surface area contributed by atoms with Gasteiger partial charge in [0.1, 0.15) is 0 Å². The summed E-state index contributed by atoms with van der Waals surface area (Å²) in [5.74, 6) is 1.63. The Balaban J connectivity index is 2.30. The van der Waals surface area contributed by atoms with Gasteiger partial charge in [-0.3, -0.25) is 0 Å². The fourth-order valence-corrected chi connectivity index (χ4v) is 2.08. The Labute approximate surface area is 89.1 Å². The zero-order valence-corrected chi connectivity index (χ0v) is 10.2. The zero-order valence-electron chi connectivity index (χ0n) is 10.2. The first kappa shape index (κ1) is 12.0. The van der Waals surface area contributed by atoms with E-state index in [2.05, 4.69) is 38.0 Å². The van der Waals surface area contributed by atoms with E-state index in [0.29, 0.717) is 0 Å². The van der Waals surface area contributed by atoms with Crippen molar-refractivity contribution in [1.82, 2.24) is 10.2 Å². The van der Waals surface area contributed by atoms with Gasteiger partial charge in [-0.2, -0.15) is 0 Å². The average Bonchev–Trinajstić information content (AvgIpc) is 2.18. The van der Waals surface area contributed by atoms with Gasteiger partial charge in [-0.05, 0) is 38.3 Å². The van der Waals surface area contributed by atoms with Crippen LogP contribution in [0.5, 0.6) is 0 Å². The molecule has 1 heterocycles. The lowest BCUT2D eigenvalue weighted by Crippen LogP contribution is -2.46. The van der Waals surface area contributed by atoms with Crippen LogP contribution in [0.1, 0.15) is 33.6 Å². The molecule has 0 aromatic rings. The lowest BCUT2D eigenvalue weighted by molar-refractivity contribution is 0.158.